The van der Waals surface area contributed by atoms with Crippen LogP contribution in [-0.2, 0) is 6.54 Å². The Hall–Kier alpha value is -1.56. The van der Waals surface area contributed by atoms with E-state index in [4.69, 9.17) is 0 Å². The lowest BCUT2D eigenvalue weighted by Gasteiger charge is -2.05. The van der Waals surface area contributed by atoms with Crippen molar-refractivity contribution in [3.63, 3.8) is 0 Å². The number of nitrogens with one attached hydrogen (secondary N) is 1. The van der Waals surface area contributed by atoms with Gasteiger partial charge in [0.15, 0.2) is 11.6 Å². The fraction of sp³-hybridized carbons (Fsp3) is 0.222. The summed E-state index contributed by atoms with van der Waals surface area (Å²) in [5.41, 5.74) is 2.08. The van der Waals surface area contributed by atoms with Crippen LogP contribution in [0.3, 0.4) is 0 Å². The summed E-state index contributed by atoms with van der Waals surface area (Å²) in [6.45, 7) is 2.13. The van der Waals surface area contributed by atoms with Gasteiger partial charge in [0.05, 0.1) is 17.7 Å². The molecule has 0 fully saturated rings. The molecule has 78 valence electrons. The van der Waals surface area contributed by atoms with E-state index in [2.05, 4.69) is 20.3 Å². The number of halogens is 1. The van der Waals surface area contributed by atoms with Crippen LogP contribution in [0.25, 0.3) is 0 Å². The smallest absolute Gasteiger partial charge is 0.186 e. The molecule has 0 aliphatic rings. The first-order valence-electron chi connectivity index (χ1n) is 4.35. The lowest BCUT2D eigenvalue weighted by Crippen LogP contribution is -2.04. The standard InChI is InChI=1S/C9H9FN4S/c1-6-8(10)9(14-4-13-6)12-3-7-2-11-5-15-7/h2,4-5H,3H2,1H3,(H,12,13,14). The Morgan fingerprint density at radius 2 is 2.33 bits per heavy atom. The predicted molar refractivity (Wildman–Crippen MR) is 56.2 cm³/mol. The average Bonchev–Trinajstić information content (AvgIpc) is 2.73. The highest BCUT2D eigenvalue weighted by atomic mass is 32.1. The molecule has 2 heterocycles. The second-order valence-electron chi connectivity index (χ2n) is 2.94. The molecule has 0 saturated heterocycles. The van der Waals surface area contributed by atoms with Crippen LogP contribution in [0.15, 0.2) is 18.0 Å². The highest BCUT2D eigenvalue weighted by Gasteiger charge is 2.06. The van der Waals surface area contributed by atoms with Gasteiger partial charge < -0.3 is 5.32 Å². The van der Waals surface area contributed by atoms with E-state index in [1.54, 1.807) is 18.6 Å². The molecular formula is C9H9FN4S. The first-order valence-corrected chi connectivity index (χ1v) is 5.23. The largest absolute Gasteiger partial charge is 0.363 e. The van der Waals surface area contributed by atoms with Crippen molar-refractivity contribution >= 4 is 17.2 Å². The van der Waals surface area contributed by atoms with Crippen molar-refractivity contribution < 1.29 is 4.39 Å². The molecule has 0 radical (unpaired) electrons. The summed E-state index contributed by atoms with van der Waals surface area (Å²) in [5, 5.41) is 2.90. The summed E-state index contributed by atoms with van der Waals surface area (Å²) in [7, 11) is 0. The molecule has 2 rings (SSSR count). The molecule has 2 aromatic rings. The van der Waals surface area contributed by atoms with E-state index in [9.17, 15) is 4.39 Å². The highest BCUT2D eigenvalue weighted by Crippen LogP contribution is 2.14. The van der Waals surface area contributed by atoms with Gasteiger partial charge in [-0.3, -0.25) is 4.98 Å². The number of hydrogen-bond acceptors (Lipinski definition) is 5. The quantitative estimate of drug-likeness (QED) is 0.866. The lowest BCUT2D eigenvalue weighted by atomic mass is 10.4. The van der Waals surface area contributed by atoms with Gasteiger partial charge in [0.2, 0.25) is 0 Å². The predicted octanol–water partition coefficient (Wildman–Crippen LogP) is 1.99. The molecule has 0 unspecified atom stereocenters. The van der Waals surface area contributed by atoms with Crippen molar-refractivity contribution in [2.75, 3.05) is 5.32 Å². The van der Waals surface area contributed by atoms with Crippen LogP contribution in [0.5, 0.6) is 0 Å². The molecule has 2 aromatic heterocycles. The second-order valence-corrected chi connectivity index (χ2v) is 3.91. The maximum Gasteiger partial charge on any atom is 0.186 e. The fourth-order valence-corrected chi connectivity index (χ4v) is 1.62. The molecule has 0 aromatic carbocycles. The third-order valence-corrected chi connectivity index (χ3v) is 2.66. The fourth-order valence-electron chi connectivity index (χ4n) is 1.08. The summed E-state index contributed by atoms with van der Waals surface area (Å²) in [4.78, 5) is 12.5. The van der Waals surface area contributed by atoms with E-state index >= 15 is 0 Å². The molecule has 0 aliphatic heterocycles. The van der Waals surface area contributed by atoms with Crippen molar-refractivity contribution in [2.45, 2.75) is 13.5 Å². The van der Waals surface area contributed by atoms with Gasteiger partial charge in [0, 0.05) is 11.1 Å². The van der Waals surface area contributed by atoms with Gasteiger partial charge >= 0.3 is 0 Å². The zero-order valence-electron chi connectivity index (χ0n) is 8.07. The maximum atomic E-state index is 13.4. The SMILES string of the molecule is Cc1ncnc(NCc2cncs2)c1F. The zero-order chi connectivity index (χ0) is 10.7. The molecule has 0 atom stereocenters. The van der Waals surface area contributed by atoms with Crippen LogP contribution in [0.4, 0.5) is 10.2 Å². The van der Waals surface area contributed by atoms with E-state index in [0.717, 1.165) is 4.88 Å². The summed E-state index contributed by atoms with van der Waals surface area (Å²) < 4.78 is 13.4. The van der Waals surface area contributed by atoms with Gasteiger partial charge in [-0.1, -0.05) is 0 Å². The topological polar surface area (TPSA) is 50.7 Å². The maximum absolute atomic E-state index is 13.4. The van der Waals surface area contributed by atoms with Crippen LogP contribution in [0, 0.1) is 12.7 Å². The number of nitrogens with zero attached hydrogens (tertiary/aromatic N) is 3. The minimum atomic E-state index is -0.401. The molecule has 0 saturated carbocycles. The molecule has 0 bridgehead atoms. The number of rotatable bonds is 3. The van der Waals surface area contributed by atoms with Crippen LogP contribution >= 0.6 is 11.3 Å². The van der Waals surface area contributed by atoms with Crippen molar-refractivity contribution in [1.82, 2.24) is 15.0 Å². The van der Waals surface area contributed by atoms with Crippen LogP contribution in [0.2, 0.25) is 0 Å². The third-order valence-electron chi connectivity index (χ3n) is 1.88. The molecule has 0 aliphatic carbocycles. The van der Waals surface area contributed by atoms with E-state index in [0.29, 0.717) is 12.2 Å². The number of thiazole rings is 1. The number of aryl methyl sites for hydroxylation is 1. The molecule has 0 spiro atoms. The van der Waals surface area contributed by atoms with Gasteiger partial charge in [0.1, 0.15) is 6.33 Å². The van der Waals surface area contributed by atoms with Gasteiger partial charge in [-0.25, -0.2) is 14.4 Å². The minimum Gasteiger partial charge on any atom is -0.363 e. The lowest BCUT2D eigenvalue weighted by molar-refractivity contribution is 0.605. The Morgan fingerprint density at radius 3 is 3.07 bits per heavy atom. The number of aromatic nitrogens is 3. The Morgan fingerprint density at radius 1 is 1.47 bits per heavy atom. The molecule has 6 heteroatoms. The Bertz CT molecular complexity index is 443. The monoisotopic (exact) mass is 224 g/mol. The molecular weight excluding hydrogens is 215 g/mol. The summed E-state index contributed by atoms with van der Waals surface area (Å²) in [5.74, 6) is -0.169. The van der Waals surface area contributed by atoms with Gasteiger partial charge in [-0.15, -0.1) is 11.3 Å². The van der Waals surface area contributed by atoms with Crippen molar-refractivity contribution in [3.05, 3.63) is 34.4 Å². The van der Waals surface area contributed by atoms with Crippen molar-refractivity contribution in [3.8, 4) is 0 Å². The Kier molecular flexibility index (Phi) is 2.86. The first kappa shape index (κ1) is 9.97. The Balaban J connectivity index is 2.08. The third kappa shape index (κ3) is 2.27. The zero-order valence-corrected chi connectivity index (χ0v) is 8.88. The Labute approximate surface area is 90.2 Å². The second kappa shape index (κ2) is 4.31. The van der Waals surface area contributed by atoms with Crippen molar-refractivity contribution in [2.24, 2.45) is 0 Å². The van der Waals surface area contributed by atoms with E-state index < -0.39 is 5.82 Å². The van der Waals surface area contributed by atoms with E-state index in [1.165, 1.54) is 17.7 Å². The van der Waals surface area contributed by atoms with Crippen LogP contribution in [0.1, 0.15) is 10.6 Å². The average molecular weight is 224 g/mol. The summed E-state index contributed by atoms with van der Waals surface area (Å²) >= 11 is 1.51. The molecule has 1 N–H and O–H groups in total. The van der Waals surface area contributed by atoms with Crippen LogP contribution in [-0.4, -0.2) is 15.0 Å². The van der Waals surface area contributed by atoms with Gasteiger partial charge in [-0.05, 0) is 6.92 Å². The number of anilines is 1. The van der Waals surface area contributed by atoms with E-state index in [-0.39, 0.29) is 5.82 Å². The van der Waals surface area contributed by atoms with Gasteiger partial charge in [0.25, 0.3) is 0 Å². The number of hydrogen-bond donors (Lipinski definition) is 1. The molecule has 15 heavy (non-hydrogen) atoms. The summed E-state index contributed by atoms with van der Waals surface area (Å²) in [6, 6.07) is 0. The highest BCUT2D eigenvalue weighted by molar-refractivity contribution is 7.09. The summed E-state index contributed by atoms with van der Waals surface area (Å²) in [6.07, 6.45) is 3.08. The van der Waals surface area contributed by atoms with Crippen LogP contribution < -0.4 is 5.32 Å². The minimum absolute atomic E-state index is 0.232. The first-order chi connectivity index (χ1) is 7.27. The van der Waals surface area contributed by atoms with E-state index in [1.807, 2.05) is 0 Å². The van der Waals surface area contributed by atoms with Gasteiger partial charge in [-0.2, -0.15) is 0 Å². The van der Waals surface area contributed by atoms with Crippen molar-refractivity contribution in [1.29, 1.82) is 0 Å². The molecule has 4 nitrogen and oxygen atoms in total. The molecule has 0 amide bonds. The normalized spacial score (nSPS) is 10.3.